The minimum atomic E-state index is -0.384. The van der Waals surface area contributed by atoms with Crippen LogP contribution in [0.4, 0.5) is 11.6 Å². The Kier molecular flexibility index (Phi) is 4.13. The van der Waals surface area contributed by atoms with Gasteiger partial charge < -0.3 is 15.4 Å². The number of carbonyl (C=O) groups excluding carboxylic acids is 1. The minimum Gasteiger partial charge on any atom is -0.497 e. The fraction of sp³-hybridized carbons (Fsp3) is 0.176. The van der Waals surface area contributed by atoms with E-state index < -0.39 is 0 Å². The molecule has 0 unspecified atom stereocenters. The highest BCUT2D eigenvalue weighted by molar-refractivity contribution is 7.08. The Bertz CT molecular complexity index is 962. The lowest BCUT2D eigenvalue weighted by molar-refractivity contribution is -0.113. The number of nitrogens with one attached hydrogen (secondary N) is 2. The minimum absolute atomic E-state index is 0.211. The molecule has 1 atom stereocenters. The summed E-state index contributed by atoms with van der Waals surface area (Å²) in [5.74, 6) is 1.03. The third-order valence-corrected chi connectivity index (χ3v) is 4.87. The van der Waals surface area contributed by atoms with Crippen molar-refractivity contribution in [3.63, 3.8) is 0 Å². The second-order valence-corrected chi connectivity index (χ2v) is 6.53. The molecule has 132 valence electrons. The van der Waals surface area contributed by atoms with Crippen LogP contribution in [0.3, 0.4) is 0 Å². The Balaban J connectivity index is 1.69. The van der Waals surface area contributed by atoms with Gasteiger partial charge in [-0.3, -0.25) is 4.79 Å². The van der Waals surface area contributed by atoms with E-state index in [1.807, 2.05) is 23.8 Å². The second kappa shape index (κ2) is 6.60. The first-order valence-corrected chi connectivity index (χ1v) is 8.85. The Hall–Kier alpha value is -3.20. The number of tetrazole rings is 1. The van der Waals surface area contributed by atoms with Crippen molar-refractivity contribution in [2.75, 3.05) is 17.7 Å². The fourth-order valence-corrected chi connectivity index (χ4v) is 3.60. The van der Waals surface area contributed by atoms with Crippen molar-refractivity contribution in [2.45, 2.75) is 13.0 Å². The highest BCUT2D eigenvalue weighted by atomic mass is 32.1. The Morgan fingerprint density at radius 1 is 1.31 bits per heavy atom. The number of nitrogens with zero attached hydrogens (tertiary/aromatic N) is 4. The zero-order chi connectivity index (χ0) is 18.1. The maximum absolute atomic E-state index is 13.1. The number of aromatic nitrogens is 4. The molecule has 0 saturated carbocycles. The molecule has 2 aromatic heterocycles. The van der Waals surface area contributed by atoms with E-state index >= 15 is 0 Å². The third kappa shape index (κ3) is 2.82. The molecule has 1 aliphatic heterocycles. The van der Waals surface area contributed by atoms with Gasteiger partial charge in [-0.05, 0) is 64.0 Å². The molecule has 3 aromatic rings. The number of ether oxygens (including phenoxy) is 1. The van der Waals surface area contributed by atoms with E-state index in [-0.39, 0.29) is 11.9 Å². The topological polar surface area (TPSA) is 94.0 Å². The molecular weight excluding hydrogens is 352 g/mol. The predicted molar refractivity (Wildman–Crippen MR) is 98.2 cm³/mol. The van der Waals surface area contributed by atoms with E-state index in [9.17, 15) is 4.79 Å². The van der Waals surface area contributed by atoms with Crippen molar-refractivity contribution < 1.29 is 9.53 Å². The Morgan fingerprint density at radius 2 is 2.12 bits per heavy atom. The number of anilines is 2. The van der Waals surface area contributed by atoms with Crippen LogP contribution in [0.2, 0.25) is 0 Å². The summed E-state index contributed by atoms with van der Waals surface area (Å²) in [4.78, 5) is 13.1. The first kappa shape index (κ1) is 16.3. The summed E-state index contributed by atoms with van der Waals surface area (Å²) in [6.45, 7) is 1.85. The third-order valence-electron chi connectivity index (χ3n) is 4.17. The van der Waals surface area contributed by atoms with Crippen molar-refractivity contribution in [3.05, 3.63) is 57.9 Å². The molecule has 8 nitrogen and oxygen atoms in total. The van der Waals surface area contributed by atoms with Gasteiger partial charge in [0.15, 0.2) is 0 Å². The van der Waals surface area contributed by atoms with Crippen LogP contribution < -0.4 is 15.4 Å². The molecule has 0 aliphatic carbocycles. The summed E-state index contributed by atoms with van der Waals surface area (Å²) >= 11 is 1.56. The molecular formula is C17H16N6O2S. The first-order valence-electron chi connectivity index (χ1n) is 7.90. The van der Waals surface area contributed by atoms with Crippen molar-refractivity contribution in [1.82, 2.24) is 20.2 Å². The summed E-state index contributed by atoms with van der Waals surface area (Å²) in [6.07, 6.45) is 0. The molecule has 1 aromatic carbocycles. The number of hydrogen-bond donors (Lipinski definition) is 2. The summed E-state index contributed by atoms with van der Waals surface area (Å²) in [6, 6.07) is 8.78. The van der Waals surface area contributed by atoms with Gasteiger partial charge in [0.1, 0.15) is 11.8 Å². The molecule has 3 heterocycles. The van der Waals surface area contributed by atoms with Gasteiger partial charge in [-0.25, -0.2) is 0 Å². The van der Waals surface area contributed by atoms with Crippen LogP contribution in [0.25, 0.3) is 0 Å². The van der Waals surface area contributed by atoms with Gasteiger partial charge in [0.05, 0.1) is 12.7 Å². The molecule has 0 radical (unpaired) electrons. The largest absolute Gasteiger partial charge is 0.497 e. The van der Waals surface area contributed by atoms with E-state index in [1.54, 1.807) is 47.4 Å². The van der Waals surface area contributed by atoms with Crippen LogP contribution in [0, 0.1) is 0 Å². The molecule has 26 heavy (non-hydrogen) atoms. The number of amides is 1. The zero-order valence-corrected chi connectivity index (χ0v) is 14.9. The van der Waals surface area contributed by atoms with Crippen LogP contribution >= 0.6 is 11.3 Å². The van der Waals surface area contributed by atoms with Gasteiger partial charge in [-0.15, -0.1) is 0 Å². The van der Waals surface area contributed by atoms with Crippen LogP contribution in [0.5, 0.6) is 5.75 Å². The molecule has 9 heteroatoms. The van der Waals surface area contributed by atoms with E-state index in [1.165, 1.54) is 0 Å². The van der Waals surface area contributed by atoms with Crippen LogP contribution in [0.1, 0.15) is 18.5 Å². The van der Waals surface area contributed by atoms with Gasteiger partial charge in [0, 0.05) is 11.4 Å². The lowest BCUT2D eigenvalue weighted by atomic mass is 9.97. The number of fused-ring (bicyclic) bond motifs is 1. The van der Waals surface area contributed by atoms with Crippen LogP contribution in [-0.2, 0) is 4.79 Å². The Morgan fingerprint density at radius 3 is 2.81 bits per heavy atom. The van der Waals surface area contributed by atoms with Crippen molar-refractivity contribution in [3.8, 4) is 5.75 Å². The maximum Gasteiger partial charge on any atom is 0.255 e. The number of rotatable bonds is 4. The quantitative estimate of drug-likeness (QED) is 0.735. The van der Waals surface area contributed by atoms with Crippen molar-refractivity contribution in [2.24, 2.45) is 0 Å². The van der Waals surface area contributed by atoms with E-state index in [0.717, 1.165) is 17.0 Å². The predicted octanol–water partition coefficient (Wildman–Crippen LogP) is 2.67. The highest BCUT2D eigenvalue weighted by Crippen LogP contribution is 2.35. The monoisotopic (exact) mass is 368 g/mol. The molecule has 0 bridgehead atoms. The molecule has 1 amide bonds. The van der Waals surface area contributed by atoms with E-state index in [4.69, 9.17) is 4.74 Å². The number of hydrogen-bond acceptors (Lipinski definition) is 7. The lowest BCUT2D eigenvalue weighted by Gasteiger charge is -2.27. The Labute approximate surface area is 153 Å². The SMILES string of the molecule is COc1ccc(NC(=O)C2=C(C)Nc3nnnn3[C@@H]2c2ccsc2)cc1. The van der Waals surface area contributed by atoms with Gasteiger partial charge in [-0.1, -0.05) is 5.10 Å². The van der Waals surface area contributed by atoms with Crippen LogP contribution in [0.15, 0.2) is 52.4 Å². The van der Waals surface area contributed by atoms with Crippen molar-refractivity contribution >= 4 is 28.9 Å². The fourth-order valence-electron chi connectivity index (χ4n) is 2.92. The normalized spacial score (nSPS) is 16.0. The number of thiophene rings is 1. The maximum atomic E-state index is 13.1. The van der Waals surface area contributed by atoms with Crippen LogP contribution in [-0.4, -0.2) is 33.2 Å². The number of benzene rings is 1. The van der Waals surface area contributed by atoms with Crippen molar-refractivity contribution in [1.29, 1.82) is 0 Å². The summed E-state index contributed by atoms with van der Waals surface area (Å²) < 4.78 is 6.77. The van der Waals surface area contributed by atoms with E-state index in [0.29, 0.717) is 17.2 Å². The average Bonchev–Trinajstić information content (AvgIpc) is 3.32. The van der Waals surface area contributed by atoms with Gasteiger partial charge in [-0.2, -0.15) is 16.0 Å². The van der Waals surface area contributed by atoms with Gasteiger partial charge >= 0.3 is 0 Å². The number of methoxy groups -OCH3 is 1. The first-order chi connectivity index (χ1) is 12.7. The second-order valence-electron chi connectivity index (χ2n) is 5.75. The summed E-state index contributed by atoms with van der Waals surface area (Å²) in [5.41, 5.74) is 2.93. The molecule has 4 rings (SSSR count). The molecule has 1 aliphatic rings. The van der Waals surface area contributed by atoms with E-state index in [2.05, 4.69) is 26.2 Å². The molecule has 2 N–H and O–H groups in total. The van der Waals surface area contributed by atoms with Gasteiger partial charge in [0.2, 0.25) is 5.95 Å². The average molecular weight is 368 g/mol. The summed E-state index contributed by atoms with van der Waals surface area (Å²) in [7, 11) is 1.60. The zero-order valence-electron chi connectivity index (χ0n) is 14.1. The highest BCUT2D eigenvalue weighted by Gasteiger charge is 2.34. The molecule has 0 fully saturated rings. The standard InChI is InChI=1S/C17H16N6O2S/c1-10-14(16(24)19-12-3-5-13(25-2)6-4-12)15(11-7-8-26-9-11)23-17(18-10)20-21-22-23/h3-9,15H,1-2H3,(H,19,24)(H,18,20,22)/t15-/m1/s1. The molecule has 0 saturated heterocycles. The summed E-state index contributed by atoms with van der Waals surface area (Å²) in [5, 5.41) is 21.8. The number of carbonyl (C=O) groups is 1. The lowest BCUT2D eigenvalue weighted by Crippen LogP contribution is -2.31. The number of allylic oxidation sites excluding steroid dienone is 1. The molecule has 0 spiro atoms. The smallest absolute Gasteiger partial charge is 0.255 e. The van der Waals surface area contributed by atoms with Gasteiger partial charge in [0.25, 0.3) is 5.91 Å².